The highest BCUT2D eigenvalue weighted by Crippen LogP contribution is 2.17. The number of hydrogen-bond acceptors (Lipinski definition) is 2. The van der Waals surface area contributed by atoms with Gasteiger partial charge in [-0.2, -0.15) is 0 Å². The Morgan fingerprint density at radius 2 is 2.22 bits per heavy atom. The van der Waals surface area contributed by atoms with Gasteiger partial charge in [-0.05, 0) is 17.5 Å². The Morgan fingerprint density at radius 1 is 1.39 bits per heavy atom. The summed E-state index contributed by atoms with van der Waals surface area (Å²) >= 11 is 0. The molecular weight excluding hydrogens is 228 g/mol. The molecular formula is C14H16N2O2. The normalized spacial score (nSPS) is 19.6. The monoisotopic (exact) mass is 244 g/mol. The maximum absolute atomic E-state index is 12.1. The number of carbonyl (C=O) groups is 1. The van der Waals surface area contributed by atoms with Gasteiger partial charge in [-0.25, -0.2) is 5.06 Å². The van der Waals surface area contributed by atoms with Gasteiger partial charge in [0, 0.05) is 17.6 Å². The highest BCUT2D eigenvalue weighted by Gasteiger charge is 2.24. The summed E-state index contributed by atoms with van der Waals surface area (Å²) in [6.07, 6.45) is 1.95. The summed E-state index contributed by atoms with van der Waals surface area (Å²) in [4.78, 5) is 17.4. The van der Waals surface area contributed by atoms with Gasteiger partial charge >= 0.3 is 0 Å². The molecule has 1 aliphatic heterocycles. The van der Waals surface area contributed by atoms with E-state index < -0.39 is 0 Å². The molecule has 1 unspecified atom stereocenters. The van der Waals surface area contributed by atoms with Crippen LogP contribution in [0.5, 0.6) is 0 Å². The molecule has 4 nitrogen and oxygen atoms in total. The second kappa shape index (κ2) is 4.46. The van der Waals surface area contributed by atoms with Crippen LogP contribution in [0.25, 0.3) is 10.9 Å². The highest BCUT2D eigenvalue weighted by atomic mass is 16.7. The van der Waals surface area contributed by atoms with E-state index in [-0.39, 0.29) is 5.91 Å². The molecule has 94 valence electrons. The highest BCUT2D eigenvalue weighted by molar-refractivity contribution is 5.83. The number of amides is 1. The first kappa shape index (κ1) is 11.3. The molecule has 0 radical (unpaired) electrons. The lowest BCUT2D eigenvalue weighted by atomic mass is 10.2. The molecule has 0 bridgehead atoms. The predicted molar refractivity (Wildman–Crippen MR) is 68.8 cm³/mol. The van der Waals surface area contributed by atoms with Gasteiger partial charge in [-0.3, -0.25) is 9.63 Å². The van der Waals surface area contributed by atoms with Crippen LogP contribution in [0.15, 0.2) is 36.5 Å². The Balaban J connectivity index is 1.78. The second-order valence-corrected chi connectivity index (χ2v) is 4.86. The fraction of sp³-hybridized carbons (Fsp3) is 0.357. The molecule has 1 atom stereocenters. The van der Waals surface area contributed by atoms with Crippen molar-refractivity contribution in [3.63, 3.8) is 0 Å². The van der Waals surface area contributed by atoms with Gasteiger partial charge in [0.25, 0.3) is 5.91 Å². The van der Waals surface area contributed by atoms with Crippen LogP contribution in [0.2, 0.25) is 0 Å². The molecule has 1 amide bonds. The molecule has 0 spiro atoms. The average Bonchev–Trinajstić information content (AvgIpc) is 2.97. The zero-order chi connectivity index (χ0) is 12.5. The van der Waals surface area contributed by atoms with Gasteiger partial charge in [0.05, 0.1) is 13.2 Å². The van der Waals surface area contributed by atoms with Crippen molar-refractivity contribution in [2.75, 3.05) is 13.2 Å². The number of nitrogens with zero attached hydrogens (tertiary/aromatic N) is 2. The lowest BCUT2D eigenvalue weighted by Gasteiger charge is -2.14. The van der Waals surface area contributed by atoms with E-state index in [4.69, 9.17) is 4.84 Å². The smallest absolute Gasteiger partial charge is 0.266 e. The van der Waals surface area contributed by atoms with Crippen molar-refractivity contribution in [1.29, 1.82) is 0 Å². The Kier molecular flexibility index (Phi) is 2.80. The van der Waals surface area contributed by atoms with E-state index >= 15 is 0 Å². The quantitative estimate of drug-likeness (QED) is 0.810. The lowest BCUT2D eigenvalue weighted by Crippen LogP contribution is -2.30. The molecule has 0 N–H and O–H groups in total. The number of carbonyl (C=O) groups excluding carboxylic acids is 1. The van der Waals surface area contributed by atoms with Crippen molar-refractivity contribution >= 4 is 16.8 Å². The summed E-state index contributed by atoms with van der Waals surface area (Å²) in [6.45, 7) is 3.74. The fourth-order valence-corrected chi connectivity index (χ4v) is 2.28. The second-order valence-electron chi connectivity index (χ2n) is 4.86. The number of hydroxylamine groups is 2. The van der Waals surface area contributed by atoms with Crippen molar-refractivity contribution < 1.29 is 9.63 Å². The molecule has 2 heterocycles. The van der Waals surface area contributed by atoms with Crippen LogP contribution in [0.4, 0.5) is 0 Å². The summed E-state index contributed by atoms with van der Waals surface area (Å²) in [5.74, 6) is 0.441. The molecule has 1 aromatic heterocycles. The summed E-state index contributed by atoms with van der Waals surface area (Å²) in [5, 5.41) is 2.64. The van der Waals surface area contributed by atoms with Crippen molar-refractivity contribution in [1.82, 2.24) is 9.63 Å². The molecule has 1 fully saturated rings. The molecule has 0 aliphatic carbocycles. The summed E-state index contributed by atoms with van der Waals surface area (Å²) < 4.78 is 1.96. The van der Waals surface area contributed by atoms with Gasteiger partial charge in [0.2, 0.25) is 0 Å². The van der Waals surface area contributed by atoms with E-state index in [0.29, 0.717) is 25.6 Å². The number of para-hydroxylation sites is 1. The Hall–Kier alpha value is -1.81. The molecule has 18 heavy (non-hydrogen) atoms. The number of hydrogen-bond donors (Lipinski definition) is 0. The molecule has 4 heteroatoms. The lowest BCUT2D eigenvalue weighted by molar-refractivity contribution is -0.169. The average molecular weight is 244 g/mol. The largest absolute Gasteiger partial charge is 0.338 e. The number of benzene rings is 1. The van der Waals surface area contributed by atoms with E-state index in [0.717, 1.165) is 10.9 Å². The van der Waals surface area contributed by atoms with Crippen LogP contribution in [0.1, 0.15) is 6.92 Å². The number of fused-ring (bicyclic) bond motifs is 1. The van der Waals surface area contributed by atoms with Crippen molar-refractivity contribution in [2.24, 2.45) is 5.92 Å². The van der Waals surface area contributed by atoms with Crippen LogP contribution in [0.3, 0.4) is 0 Å². The minimum absolute atomic E-state index is 0.0145. The van der Waals surface area contributed by atoms with Crippen LogP contribution in [-0.4, -0.2) is 28.7 Å². The van der Waals surface area contributed by atoms with E-state index in [2.05, 4.69) is 6.92 Å². The first-order valence-corrected chi connectivity index (χ1v) is 6.21. The Morgan fingerprint density at radius 3 is 3.00 bits per heavy atom. The third kappa shape index (κ3) is 1.99. The molecule has 1 aliphatic rings. The minimum Gasteiger partial charge on any atom is -0.338 e. The first-order chi connectivity index (χ1) is 8.74. The van der Waals surface area contributed by atoms with Crippen LogP contribution in [-0.2, 0) is 16.2 Å². The first-order valence-electron chi connectivity index (χ1n) is 6.21. The SMILES string of the molecule is CC1CON(C(=O)Cn2ccc3ccccc32)C1. The van der Waals surface area contributed by atoms with E-state index in [9.17, 15) is 4.79 Å². The molecule has 1 saturated heterocycles. The fourth-order valence-electron chi connectivity index (χ4n) is 2.28. The van der Waals surface area contributed by atoms with Crippen molar-refractivity contribution in [3.05, 3.63) is 36.5 Å². The minimum atomic E-state index is 0.0145. The third-order valence-corrected chi connectivity index (χ3v) is 3.26. The van der Waals surface area contributed by atoms with E-state index in [1.807, 2.05) is 41.1 Å². The van der Waals surface area contributed by atoms with Crippen LogP contribution in [0, 0.1) is 5.92 Å². The summed E-state index contributed by atoms with van der Waals surface area (Å²) in [5.41, 5.74) is 1.08. The van der Waals surface area contributed by atoms with Gasteiger partial charge in [0.15, 0.2) is 0 Å². The molecule has 2 aromatic rings. The maximum atomic E-state index is 12.1. The van der Waals surface area contributed by atoms with E-state index in [1.54, 1.807) is 0 Å². The standard InChI is InChI=1S/C14H16N2O2/c1-11-8-16(18-10-11)14(17)9-15-7-6-12-4-2-3-5-13(12)15/h2-7,11H,8-10H2,1H3. The topological polar surface area (TPSA) is 34.5 Å². The number of aromatic nitrogens is 1. The van der Waals surface area contributed by atoms with Crippen molar-refractivity contribution in [3.8, 4) is 0 Å². The maximum Gasteiger partial charge on any atom is 0.266 e. The van der Waals surface area contributed by atoms with Crippen LogP contribution >= 0.6 is 0 Å². The zero-order valence-electron chi connectivity index (χ0n) is 10.4. The Bertz CT molecular complexity index is 576. The summed E-state index contributed by atoms with van der Waals surface area (Å²) in [6, 6.07) is 10.1. The van der Waals surface area contributed by atoms with Gasteiger partial charge < -0.3 is 4.57 Å². The van der Waals surface area contributed by atoms with Gasteiger partial charge in [0.1, 0.15) is 6.54 Å². The molecule has 3 rings (SSSR count). The Labute approximate surface area is 106 Å². The zero-order valence-corrected chi connectivity index (χ0v) is 10.4. The van der Waals surface area contributed by atoms with E-state index in [1.165, 1.54) is 5.06 Å². The molecule has 1 aromatic carbocycles. The predicted octanol–water partition coefficient (Wildman–Crippen LogP) is 2.05. The number of rotatable bonds is 2. The summed E-state index contributed by atoms with van der Waals surface area (Å²) in [7, 11) is 0. The van der Waals surface area contributed by atoms with Gasteiger partial charge in [-0.15, -0.1) is 0 Å². The van der Waals surface area contributed by atoms with Gasteiger partial charge in [-0.1, -0.05) is 25.1 Å². The third-order valence-electron chi connectivity index (χ3n) is 3.26. The molecule has 0 saturated carbocycles. The van der Waals surface area contributed by atoms with Crippen molar-refractivity contribution in [2.45, 2.75) is 13.5 Å². The van der Waals surface area contributed by atoms with Crippen LogP contribution < -0.4 is 0 Å².